The van der Waals surface area contributed by atoms with Crippen molar-refractivity contribution in [3.8, 4) is 5.75 Å². The molecule has 0 saturated carbocycles. The molecule has 1 unspecified atom stereocenters. The van der Waals surface area contributed by atoms with E-state index in [-0.39, 0.29) is 24.4 Å². The normalized spacial score (nSPS) is 15.5. The van der Waals surface area contributed by atoms with Gasteiger partial charge in [-0.3, -0.25) is 4.79 Å². The van der Waals surface area contributed by atoms with Gasteiger partial charge in [0, 0.05) is 0 Å². The number of hydrogen-bond donors (Lipinski definition) is 2. The summed E-state index contributed by atoms with van der Waals surface area (Å²) in [6, 6.07) is 8.08. The summed E-state index contributed by atoms with van der Waals surface area (Å²) < 4.78 is 7.67. The third-order valence-corrected chi connectivity index (χ3v) is 5.49. The van der Waals surface area contributed by atoms with Crippen molar-refractivity contribution in [3.63, 3.8) is 0 Å². The van der Waals surface area contributed by atoms with E-state index < -0.39 is 0 Å². The smallest absolute Gasteiger partial charge is 0.274 e. The maximum absolute atomic E-state index is 12.8. The number of amides is 1. The molecule has 0 spiro atoms. The van der Waals surface area contributed by atoms with Crippen LogP contribution >= 0.6 is 12.4 Å². The third kappa shape index (κ3) is 6.19. The highest BCUT2D eigenvalue weighted by Gasteiger charge is 2.23. The molecule has 1 aromatic carbocycles. The lowest BCUT2D eigenvalue weighted by Gasteiger charge is -2.23. The largest absolute Gasteiger partial charge is 0.494 e. The topological polar surface area (TPSA) is 81.1 Å². The van der Waals surface area contributed by atoms with Gasteiger partial charge in [-0.2, -0.15) is 0 Å². The van der Waals surface area contributed by atoms with E-state index in [0.717, 1.165) is 56.0 Å². The third-order valence-electron chi connectivity index (χ3n) is 5.49. The first kappa shape index (κ1) is 24.2. The molecule has 2 N–H and O–H groups in total. The fraction of sp³-hybridized carbons (Fsp3) is 0.591. The van der Waals surface area contributed by atoms with E-state index in [0.29, 0.717) is 17.7 Å². The molecule has 1 amide bonds. The number of rotatable bonds is 8. The van der Waals surface area contributed by atoms with E-state index in [1.54, 1.807) is 0 Å². The molecule has 2 aromatic rings. The number of ether oxygens (including phenoxy) is 1. The van der Waals surface area contributed by atoms with Crippen LogP contribution in [0.1, 0.15) is 73.9 Å². The lowest BCUT2D eigenvalue weighted by molar-refractivity contribution is 0.0934. The lowest BCUT2D eigenvalue weighted by Crippen LogP contribution is -2.31. The van der Waals surface area contributed by atoms with Crippen molar-refractivity contribution in [2.45, 2.75) is 59.0 Å². The van der Waals surface area contributed by atoms with Gasteiger partial charge in [0.15, 0.2) is 5.69 Å². The van der Waals surface area contributed by atoms with Crippen molar-refractivity contribution < 1.29 is 9.53 Å². The van der Waals surface area contributed by atoms with Crippen LogP contribution in [0.15, 0.2) is 24.3 Å². The molecule has 30 heavy (non-hydrogen) atoms. The summed E-state index contributed by atoms with van der Waals surface area (Å²) in [6.07, 6.45) is 3.05. The number of carbonyl (C=O) groups is 1. The van der Waals surface area contributed by atoms with E-state index in [1.807, 2.05) is 42.8 Å². The first-order valence-corrected chi connectivity index (χ1v) is 10.6. The number of nitrogens with one attached hydrogen (secondary N) is 2. The van der Waals surface area contributed by atoms with Crippen LogP contribution in [-0.2, 0) is 0 Å². The number of benzene rings is 1. The Kier molecular flexibility index (Phi) is 9.11. The van der Waals surface area contributed by atoms with Gasteiger partial charge in [-0.05, 0) is 69.8 Å². The van der Waals surface area contributed by atoms with Crippen LogP contribution < -0.4 is 15.4 Å². The average Bonchev–Trinajstić information content (AvgIpc) is 3.10. The summed E-state index contributed by atoms with van der Waals surface area (Å²) >= 11 is 0. The zero-order chi connectivity index (χ0) is 20.8. The molecule has 1 atom stereocenters. The Morgan fingerprint density at radius 2 is 1.90 bits per heavy atom. The standard InChI is InChI=1S/C22H33N5O2.ClH/c1-15(2)11-14-29-20-7-5-18(6-8-20)16(3)24-22(28)21-17(4)27(26-25-21)19-9-12-23-13-10-19;/h5-8,15-16,19,23H,9-14H2,1-4H3,(H,24,28);1H. The second-order valence-electron chi connectivity index (χ2n) is 8.24. The maximum Gasteiger partial charge on any atom is 0.274 e. The second kappa shape index (κ2) is 11.3. The summed E-state index contributed by atoms with van der Waals surface area (Å²) in [7, 11) is 0. The number of nitrogens with zero attached hydrogens (tertiary/aromatic N) is 3. The lowest BCUT2D eigenvalue weighted by atomic mass is 10.1. The SMILES string of the molecule is Cc1c(C(=O)NC(C)c2ccc(OCCC(C)C)cc2)nnn1C1CCNCC1.Cl. The summed E-state index contributed by atoms with van der Waals surface area (Å²) in [6.45, 7) is 10.9. The minimum absolute atomic E-state index is 0. The van der Waals surface area contributed by atoms with Crippen molar-refractivity contribution in [1.29, 1.82) is 0 Å². The van der Waals surface area contributed by atoms with E-state index in [2.05, 4.69) is 34.8 Å². The van der Waals surface area contributed by atoms with Gasteiger partial charge in [0.05, 0.1) is 24.4 Å². The molecule has 1 aliphatic heterocycles. The molecule has 0 radical (unpaired) electrons. The van der Waals surface area contributed by atoms with Crippen molar-refractivity contribution in [3.05, 3.63) is 41.2 Å². The van der Waals surface area contributed by atoms with E-state index >= 15 is 0 Å². The fourth-order valence-electron chi connectivity index (χ4n) is 3.56. The molecule has 0 aliphatic carbocycles. The van der Waals surface area contributed by atoms with Crippen LogP contribution in [0.2, 0.25) is 0 Å². The molecule has 1 fully saturated rings. The highest BCUT2D eigenvalue weighted by molar-refractivity contribution is 5.93. The van der Waals surface area contributed by atoms with Gasteiger partial charge in [-0.15, -0.1) is 17.5 Å². The van der Waals surface area contributed by atoms with E-state index in [4.69, 9.17) is 4.74 Å². The molecule has 3 rings (SSSR count). The predicted octanol–water partition coefficient (Wildman–Crippen LogP) is 3.85. The molecule has 1 saturated heterocycles. The quantitative estimate of drug-likeness (QED) is 0.658. The number of carbonyl (C=O) groups excluding carboxylic acids is 1. The van der Waals surface area contributed by atoms with Crippen LogP contribution in [-0.4, -0.2) is 40.6 Å². The van der Waals surface area contributed by atoms with E-state index in [9.17, 15) is 4.79 Å². The van der Waals surface area contributed by atoms with Crippen LogP contribution in [0.3, 0.4) is 0 Å². The van der Waals surface area contributed by atoms with Crippen LogP contribution in [0.5, 0.6) is 5.75 Å². The highest BCUT2D eigenvalue weighted by atomic mass is 35.5. The van der Waals surface area contributed by atoms with Gasteiger partial charge in [-0.1, -0.05) is 31.2 Å². The average molecular weight is 436 g/mol. The number of aromatic nitrogens is 3. The van der Waals surface area contributed by atoms with Crippen molar-refractivity contribution in [2.75, 3.05) is 19.7 Å². The van der Waals surface area contributed by atoms with Crippen molar-refractivity contribution in [2.24, 2.45) is 5.92 Å². The summed E-state index contributed by atoms with van der Waals surface area (Å²) in [4.78, 5) is 12.8. The van der Waals surface area contributed by atoms with E-state index in [1.165, 1.54) is 0 Å². The van der Waals surface area contributed by atoms with Crippen LogP contribution in [0.25, 0.3) is 0 Å². The van der Waals surface area contributed by atoms with Gasteiger partial charge < -0.3 is 15.4 Å². The Morgan fingerprint density at radius 3 is 2.53 bits per heavy atom. The minimum atomic E-state index is -0.188. The molecular weight excluding hydrogens is 402 g/mol. The zero-order valence-corrected chi connectivity index (χ0v) is 19.2. The molecule has 1 aromatic heterocycles. The van der Waals surface area contributed by atoms with Gasteiger partial charge in [0.2, 0.25) is 0 Å². The Hall–Kier alpha value is -2.12. The maximum atomic E-state index is 12.8. The van der Waals surface area contributed by atoms with Gasteiger partial charge in [-0.25, -0.2) is 4.68 Å². The molecule has 7 nitrogen and oxygen atoms in total. The van der Waals surface area contributed by atoms with Gasteiger partial charge >= 0.3 is 0 Å². The van der Waals surface area contributed by atoms with Crippen LogP contribution in [0.4, 0.5) is 0 Å². The Morgan fingerprint density at radius 1 is 1.23 bits per heavy atom. The molecule has 166 valence electrons. The minimum Gasteiger partial charge on any atom is -0.494 e. The number of piperidine rings is 1. The Balaban J connectivity index is 0.00000320. The van der Waals surface area contributed by atoms with Gasteiger partial charge in [0.25, 0.3) is 5.91 Å². The Labute approximate surface area is 185 Å². The summed E-state index contributed by atoms with van der Waals surface area (Å²) in [5.74, 6) is 1.29. The van der Waals surface area contributed by atoms with Crippen molar-refractivity contribution in [1.82, 2.24) is 25.6 Å². The predicted molar refractivity (Wildman–Crippen MR) is 120 cm³/mol. The number of hydrogen-bond acceptors (Lipinski definition) is 5. The second-order valence-corrected chi connectivity index (χ2v) is 8.24. The fourth-order valence-corrected chi connectivity index (χ4v) is 3.56. The van der Waals surface area contributed by atoms with Gasteiger partial charge in [0.1, 0.15) is 5.75 Å². The van der Waals surface area contributed by atoms with Crippen LogP contribution in [0, 0.1) is 12.8 Å². The molecule has 8 heteroatoms. The molecular formula is C22H34ClN5O2. The molecule has 0 bridgehead atoms. The zero-order valence-electron chi connectivity index (χ0n) is 18.4. The summed E-state index contributed by atoms with van der Waals surface area (Å²) in [5.41, 5.74) is 2.26. The first-order valence-electron chi connectivity index (χ1n) is 10.6. The first-order chi connectivity index (χ1) is 14.0. The Bertz CT molecular complexity index is 800. The number of halogens is 1. The highest BCUT2D eigenvalue weighted by Crippen LogP contribution is 2.22. The van der Waals surface area contributed by atoms with Crippen molar-refractivity contribution >= 4 is 18.3 Å². The molecule has 1 aliphatic rings. The summed E-state index contributed by atoms with van der Waals surface area (Å²) in [5, 5.41) is 14.8. The monoisotopic (exact) mass is 435 g/mol. The molecule has 2 heterocycles.